The predicted octanol–water partition coefficient (Wildman–Crippen LogP) is 3.83. The van der Waals surface area contributed by atoms with Gasteiger partial charge in [-0.05, 0) is 51.5 Å². The minimum atomic E-state index is 0.0799. The third kappa shape index (κ3) is 3.61. The molecule has 1 aromatic heterocycles. The second kappa shape index (κ2) is 7.71. The van der Waals surface area contributed by atoms with Gasteiger partial charge in [0.05, 0.1) is 12.3 Å². The number of hydrogen-bond donors (Lipinski definition) is 1. The standard InChI is InChI=1S/C16H30N2O/c1-6-12-17-15(14-11-10-13-19-14)16(5,7-2)18(8-3)9-4/h10-11,13,15,17H,6-9,12H2,1-5H3. The summed E-state index contributed by atoms with van der Waals surface area (Å²) >= 11 is 0. The Kier molecular flexibility index (Phi) is 6.59. The van der Waals surface area contributed by atoms with Crippen molar-refractivity contribution < 1.29 is 4.42 Å². The van der Waals surface area contributed by atoms with Crippen LogP contribution in [-0.4, -0.2) is 30.1 Å². The van der Waals surface area contributed by atoms with Crippen molar-refractivity contribution in [3.8, 4) is 0 Å². The first-order valence-electron chi connectivity index (χ1n) is 7.65. The summed E-state index contributed by atoms with van der Waals surface area (Å²) in [5.41, 5.74) is 0.0799. The lowest BCUT2D eigenvalue weighted by Gasteiger charge is -2.45. The van der Waals surface area contributed by atoms with Gasteiger partial charge in [0.25, 0.3) is 0 Å². The molecular weight excluding hydrogens is 236 g/mol. The highest BCUT2D eigenvalue weighted by Gasteiger charge is 2.39. The van der Waals surface area contributed by atoms with Crippen molar-refractivity contribution in [1.82, 2.24) is 10.2 Å². The summed E-state index contributed by atoms with van der Waals surface area (Å²) in [6.07, 6.45) is 4.00. The van der Waals surface area contributed by atoms with Gasteiger partial charge < -0.3 is 9.73 Å². The van der Waals surface area contributed by atoms with Crippen LogP contribution in [0.2, 0.25) is 0 Å². The lowest BCUT2D eigenvalue weighted by Crippen LogP contribution is -2.54. The van der Waals surface area contributed by atoms with E-state index in [-0.39, 0.29) is 11.6 Å². The van der Waals surface area contributed by atoms with E-state index in [9.17, 15) is 0 Å². The maximum absolute atomic E-state index is 5.69. The molecule has 3 nitrogen and oxygen atoms in total. The first kappa shape index (κ1) is 16.3. The van der Waals surface area contributed by atoms with Gasteiger partial charge in [-0.3, -0.25) is 4.90 Å². The molecule has 0 aliphatic carbocycles. The van der Waals surface area contributed by atoms with Crippen molar-refractivity contribution in [2.45, 2.75) is 59.0 Å². The van der Waals surface area contributed by atoms with E-state index in [0.717, 1.165) is 38.2 Å². The van der Waals surface area contributed by atoms with Crippen LogP contribution < -0.4 is 5.32 Å². The molecular formula is C16H30N2O. The lowest BCUT2D eigenvalue weighted by atomic mass is 9.85. The van der Waals surface area contributed by atoms with E-state index in [1.54, 1.807) is 6.26 Å². The van der Waals surface area contributed by atoms with E-state index in [1.807, 2.05) is 6.07 Å². The van der Waals surface area contributed by atoms with Gasteiger partial charge in [0.2, 0.25) is 0 Å². The van der Waals surface area contributed by atoms with Crippen molar-refractivity contribution in [2.75, 3.05) is 19.6 Å². The number of rotatable bonds is 9. The molecule has 1 rings (SSSR count). The molecule has 0 fully saturated rings. The third-order valence-electron chi connectivity index (χ3n) is 4.25. The highest BCUT2D eigenvalue weighted by atomic mass is 16.3. The molecule has 2 atom stereocenters. The molecule has 0 spiro atoms. The molecule has 1 aromatic rings. The summed E-state index contributed by atoms with van der Waals surface area (Å²) in [7, 11) is 0. The van der Waals surface area contributed by atoms with Gasteiger partial charge in [-0.15, -0.1) is 0 Å². The van der Waals surface area contributed by atoms with Crippen LogP contribution in [0.5, 0.6) is 0 Å². The smallest absolute Gasteiger partial charge is 0.122 e. The zero-order valence-electron chi connectivity index (χ0n) is 13.2. The van der Waals surface area contributed by atoms with Crippen LogP contribution >= 0.6 is 0 Å². The Hall–Kier alpha value is -0.800. The largest absolute Gasteiger partial charge is 0.468 e. The number of hydrogen-bond acceptors (Lipinski definition) is 3. The molecule has 0 aliphatic heterocycles. The Morgan fingerprint density at radius 3 is 2.37 bits per heavy atom. The van der Waals surface area contributed by atoms with Gasteiger partial charge in [-0.1, -0.05) is 27.7 Å². The summed E-state index contributed by atoms with van der Waals surface area (Å²) in [6.45, 7) is 14.4. The fraction of sp³-hybridized carbons (Fsp3) is 0.750. The molecule has 3 heteroatoms. The van der Waals surface area contributed by atoms with Crippen LogP contribution in [0.3, 0.4) is 0 Å². The van der Waals surface area contributed by atoms with Crippen molar-refractivity contribution in [3.63, 3.8) is 0 Å². The minimum absolute atomic E-state index is 0.0799. The van der Waals surface area contributed by atoms with E-state index >= 15 is 0 Å². The highest BCUT2D eigenvalue weighted by Crippen LogP contribution is 2.34. The van der Waals surface area contributed by atoms with Crippen LogP contribution in [-0.2, 0) is 0 Å². The SMILES string of the molecule is CCCNC(c1ccco1)C(C)(CC)N(CC)CC. The Bertz CT molecular complexity index is 333. The minimum Gasteiger partial charge on any atom is -0.468 e. The molecule has 0 radical (unpaired) electrons. The zero-order chi connectivity index (χ0) is 14.3. The lowest BCUT2D eigenvalue weighted by molar-refractivity contribution is 0.0613. The first-order valence-corrected chi connectivity index (χ1v) is 7.65. The Morgan fingerprint density at radius 1 is 1.26 bits per heavy atom. The summed E-state index contributed by atoms with van der Waals surface area (Å²) < 4.78 is 5.69. The average molecular weight is 266 g/mol. The van der Waals surface area contributed by atoms with Gasteiger partial charge >= 0.3 is 0 Å². The second-order valence-corrected chi connectivity index (χ2v) is 5.29. The zero-order valence-corrected chi connectivity index (χ0v) is 13.2. The Morgan fingerprint density at radius 2 is 1.95 bits per heavy atom. The monoisotopic (exact) mass is 266 g/mol. The highest BCUT2D eigenvalue weighted by molar-refractivity contribution is 5.12. The summed E-state index contributed by atoms with van der Waals surface area (Å²) in [4.78, 5) is 2.53. The molecule has 1 heterocycles. The molecule has 0 saturated heterocycles. The number of nitrogens with zero attached hydrogens (tertiary/aromatic N) is 1. The molecule has 0 bridgehead atoms. The molecule has 0 saturated carbocycles. The molecule has 1 N–H and O–H groups in total. The Balaban J connectivity index is 3.04. The summed E-state index contributed by atoms with van der Waals surface area (Å²) in [6, 6.07) is 4.31. The molecule has 0 amide bonds. The fourth-order valence-electron chi connectivity index (χ4n) is 2.93. The normalized spacial score (nSPS) is 16.5. The van der Waals surface area contributed by atoms with Crippen molar-refractivity contribution in [2.24, 2.45) is 0 Å². The molecule has 110 valence electrons. The number of furan rings is 1. The van der Waals surface area contributed by atoms with Gasteiger partial charge in [-0.2, -0.15) is 0 Å². The van der Waals surface area contributed by atoms with Crippen LogP contribution in [0.25, 0.3) is 0 Å². The third-order valence-corrected chi connectivity index (χ3v) is 4.25. The summed E-state index contributed by atoms with van der Waals surface area (Å²) in [5, 5.41) is 3.68. The summed E-state index contributed by atoms with van der Waals surface area (Å²) in [5.74, 6) is 1.05. The maximum Gasteiger partial charge on any atom is 0.122 e. The molecule has 0 aliphatic rings. The Labute approximate surface area is 118 Å². The van der Waals surface area contributed by atoms with Crippen LogP contribution in [0.15, 0.2) is 22.8 Å². The van der Waals surface area contributed by atoms with E-state index < -0.39 is 0 Å². The average Bonchev–Trinajstić information content (AvgIpc) is 2.94. The van der Waals surface area contributed by atoms with Gasteiger partial charge in [0.1, 0.15) is 5.76 Å². The van der Waals surface area contributed by atoms with Crippen LogP contribution in [0, 0.1) is 0 Å². The fourth-order valence-corrected chi connectivity index (χ4v) is 2.93. The van der Waals surface area contributed by atoms with Crippen LogP contribution in [0.4, 0.5) is 0 Å². The molecule has 19 heavy (non-hydrogen) atoms. The van der Waals surface area contributed by atoms with E-state index in [4.69, 9.17) is 4.42 Å². The maximum atomic E-state index is 5.69. The second-order valence-electron chi connectivity index (χ2n) is 5.29. The number of likely N-dealkylation sites (N-methyl/N-ethyl adjacent to an activating group) is 1. The van der Waals surface area contributed by atoms with Gasteiger partial charge in [0, 0.05) is 5.54 Å². The van der Waals surface area contributed by atoms with Crippen molar-refractivity contribution in [3.05, 3.63) is 24.2 Å². The van der Waals surface area contributed by atoms with E-state index in [2.05, 4.69) is 50.9 Å². The van der Waals surface area contributed by atoms with Gasteiger partial charge in [0.15, 0.2) is 0 Å². The predicted molar refractivity (Wildman–Crippen MR) is 81.4 cm³/mol. The first-order chi connectivity index (χ1) is 9.13. The van der Waals surface area contributed by atoms with Gasteiger partial charge in [-0.25, -0.2) is 0 Å². The number of nitrogens with one attached hydrogen (secondary N) is 1. The van der Waals surface area contributed by atoms with E-state index in [0.29, 0.717) is 0 Å². The molecule has 2 unspecified atom stereocenters. The van der Waals surface area contributed by atoms with Crippen molar-refractivity contribution >= 4 is 0 Å². The topological polar surface area (TPSA) is 28.4 Å². The van der Waals surface area contributed by atoms with Crippen molar-refractivity contribution in [1.29, 1.82) is 0 Å². The molecule has 0 aromatic carbocycles. The van der Waals surface area contributed by atoms with E-state index in [1.165, 1.54) is 0 Å². The van der Waals surface area contributed by atoms with Crippen LogP contribution in [0.1, 0.15) is 59.3 Å². The quantitative estimate of drug-likeness (QED) is 0.736.